The van der Waals surface area contributed by atoms with Crippen molar-refractivity contribution >= 4 is 15.9 Å². The number of hydrogen-bond donors (Lipinski definition) is 1. The first-order valence-corrected chi connectivity index (χ1v) is 3.43. The zero-order chi connectivity index (χ0) is 6.69. The molecule has 0 atom stereocenters. The molecule has 0 radical (unpaired) electrons. The Bertz CT molecular complexity index is 208. The number of halogens is 2. The first-order chi connectivity index (χ1) is 4.34. The number of aromatic nitrogens is 1. The van der Waals surface area contributed by atoms with Crippen molar-refractivity contribution < 1.29 is 18.4 Å². The molecule has 0 aliphatic carbocycles. The van der Waals surface area contributed by atoms with Crippen molar-refractivity contribution in [3.63, 3.8) is 0 Å². The summed E-state index contributed by atoms with van der Waals surface area (Å²) in [7, 11) is 0. The molecule has 1 aromatic heterocycles. The van der Waals surface area contributed by atoms with Crippen molar-refractivity contribution in [2.45, 2.75) is 6.54 Å². The first kappa shape index (κ1) is 10.1. The van der Waals surface area contributed by atoms with Gasteiger partial charge in [-0.25, -0.2) is 0 Å². The molecule has 10 heavy (non-hydrogen) atoms. The third-order valence-corrected chi connectivity index (χ3v) is 1.75. The van der Waals surface area contributed by atoms with E-state index in [9.17, 15) is 0 Å². The Morgan fingerprint density at radius 3 is 2.80 bits per heavy atom. The normalized spacial score (nSPS) is 8.60. The monoisotopic (exact) mass is 266 g/mol. The predicted octanol–water partition coefficient (Wildman–Crippen LogP) is -1.58. The highest BCUT2D eigenvalue weighted by molar-refractivity contribution is 9.10. The maximum atomic E-state index is 5.36. The summed E-state index contributed by atoms with van der Waals surface area (Å²) in [6.07, 6.45) is 1.73. The molecule has 1 rings (SSSR count). The lowest BCUT2D eigenvalue weighted by molar-refractivity contribution is -0.00000189. The molecule has 4 heteroatoms. The van der Waals surface area contributed by atoms with Crippen LogP contribution in [0.15, 0.2) is 22.8 Å². The summed E-state index contributed by atoms with van der Waals surface area (Å²) < 4.78 is 0.979. The van der Waals surface area contributed by atoms with Crippen molar-refractivity contribution in [3.8, 4) is 0 Å². The van der Waals surface area contributed by atoms with Crippen LogP contribution in [0.2, 0.25) is 0 Å². The second-order valence-electron chi connectivity index (χ2n) is 1.64. The van der Waals surface area contributed by atoms with Crippen LogP contribution < -0.4 is 22.7 Å². The van der Waals surface area contributed by atoms with E-state index in [4.69, 9.17) is 5.73 Å². The van der Waals surface area contributed by atoms with Crippen LogP contribution in [0, 0.1) is 0 Å². The number of nitrogens with two attached hydrogens (primary N) is 1. The Balaban J connectivity index is 0. The highest BCUT2D eigenvalue weighted by atomic mass is 79.9. The van der Waals surface area contributed by atoms with Crippen LogP contribution in [0.4, 0.5) is 0 Å². The van der Waals surface area contributed by atoms with Gasteiger partial charge in [-0.05, 0) is 28.1 Å². The van der Waals surface area contributed by atoms with E-state index in [1.165, 1.54) is 0 Å². The first-order valence-electron chi connectivity index (χ1n) is 2.64. The van der Waals surface area contributed by atoms with Crippen LogP contribution >= 0.6 is 15.9 Å². The van der Waals surface area contributed by atoms with Gasteiger partial charge in [-0.3, -0.25) is 4.98 Å². The molecule has 0 aromatic carbocycles. The lowest BCUT2D eigenvalue weighted by Crippen LogP contribution is -3.00. The molecule has 0 bridgehead atoms. The lowest BCUT2D eigenvalue weighted by Gasteiger charge is -1.95. The highest BCUT2D eigenvalue weighted by Gasteiger charge is 1.93. The quantitative estimate of drug-likeness (QED) is 0.667. The second kappa shape index (κ2) is 4.82. The van der Waals surface area contributed by atoms with E-state index in [-0.39, 0.29) is 18.4 Å². The summed E-state index contributed by atoms with van der Waals surface area (Å²) in [4.78, 5) is 4.02. The average Bonchev–Trinajstić information content (AvgIpc) is 1.89. The molecule has 1 heterocycles. The summed E-state index contributed by atoms with van der Waals surface area (Å²) in [5.74, 6) is 0. The molecule has 0 saturated heterocycles. The predicted molar refractivity (Wildman–Crippen MR) is 40.9 cm³/mol. The molecule has 1 aromatic rings. The molecule has 2 nitrogen and oxygen atoms in total. The fourth-order valence-electron chi connectivity index (χ4n) is 0.569. The van der Waals surface area contributed by atoms with Gasteiger partial charge in [0.1, 0.15) is 0 Å². The average molecular weight is 268 g/mol. The van der Waals surface area contributed by atoms with Crippen molar-refractivity contribution in [1.82, 2.24) is 4.98 Å². The minimum Gasteiger partial charge on any atom is -1.00 e. The Morgan fingerprint density at radius 2 is 2.40 bits per heavy atom. The third kappa shape index (κ3) is 2.36. The zero-order valence-corrected chi connectivity index (χ0v) is 8.39. The Morgan fingerprint density at radius 1 is 1.70 bits per heavy atom. The van der Waals surface area contributed by atoms with Gasteiger partial charge < -0.3 is 22.7 Å². The van der Waals surface area contributed by atoms with Crippen LogP contribution in [-0.4, -0.2) is 4.98 Å². The minimum absolute atomic E-state index is 0. The van der Waals surface area contributed by atoms with Crippen molar-refractivity contribution in [2.24, 2.45) is 5.73 Å². The summed E-state index contributed by atoms with van der Waals surface area (Å²) in [6.45, 7) is 0.488. The summed E-state index contributed by atoms with van der Waals surface area (Å²) >= 11 is 3.31. The van der Waals surface area contributed by atoms with Crippen LogP contribution in [0.25, 0.3) is 0 Å². The molecule has 56 valence electrons. The smallest absolute Gasteiger partial charge is 1.00 e. The van der Waals surface area contributed by atoms with E-state index in [1.807, 2.05) is 12.1 Å². The van der Waals surface area contributed by atoms with E-state index in [0.29, 0.717) is 6.54 Å². The summed E-state index contributed by atoms with van der Waals surface area (Å²) in [6, 6.07) is 3.79. The van der Waals surface area contributed by atoms with E-state index in [2.05, 4.69) is 20.9 Å². The van der Waals surface area contributed by atoms with Crippen molar-refractivity contribution in [3.05, 3.63) is 28.5 Å². The van der Waals surface area contributed by atoms with Gasteiger partial charge in [0, 0.05) is 17.2 Å². The van der Waals surface area contributed by atoms with Gasteiger partial charge in [0.05, 0.1) is 5.69 Å². The Kier molecular flexibility index (Phi) is 4.85. The lowest BCUT2D eigenvalue weighted by atomic mass is 10.4. The van der Waals surface area contributed by atoms with E-state index in [1.54, 1.807) is 6.20 Å². The molecule has 0 aliphatic rings. The molecule has 0 amide bonds. The topological polar surface area (TPSA) is 38.9 Å². The largest absolute Gasteiger partial charge is 1.00 e. The molecular formula is C6H8Br2N2. The van der Waals surface area contributed by atoms with Crippen molar-refractivity contribution in [1.29, 1.82) is 0 Å². The van der Waals surface area contributed by atoms with E-state index < -0.39 is 0 Å². The SMILES string of the molecule is NCc1ncccc1Br.[Br-].[H+]. The van der Waals surface area contributed by atoms with E-state index in [0.717, 1.165) is 10.2 Å². The number of rotatable bonds is 1. The van der Waals surface area contributed by atoms with Gasteiger partial charge in [-0.15, -0.1) is 0 Å². The van der Waals surface area contributed by atoms with Crippen molar-refractivity contribution in [2.75, 3.05) is 0 Å². The van der Waals surface area contributed by atoms with Gasteiger partial charge in [0.15, 0.2) is 0 Å². The Labute approximate surface area is 80.2 Å². The number of hydrogen-bond acceptors (Lipinski definition) is 2. The maximum Gasteiger partial charge on any atom is 1.00 e. The van der Waals surface area contributed by atoms with Gasteiger partial charge in [-0.2, -0.15) is 0 Å². The molecule has 0 aliphatic heterocycles. The number of nitrogens with zero attached hydrogens (tertiary/aromatic N) is 1. The Hall–Kier alpha value is 0.0700. The molecular weight excluding hydrogens is 260 g/mol. The summed E-state index contributed by atoms with van der Waals surface area (Å²) in [5, 5.41) is 0. The van der Waals surface area contributed by atoms with Crippen LogP contribution in [-0.2, 0) is 6.54 Å². The van der Waals surface area contributed by atoms with E-state index >= 15 is 0 Å². The standard InChI is InChI=1S/C6H7BrN2.BrH/c7-5-2-1-3-9-6(5)4-8;/h1-3H,4,8H2;1H. The molecule has 0 saturated carbocycles. The third-order valence-electron chi connectivity index (χ3n) is 1.03. The summed E-state index contributed by atoms with van der Waals surface area (Å²) in [5.41, 5.74) is 6.26. The zero-order valence-electron chi connectivity index (χ0n) is 6.22. The highest BCUT2D eigenvalue weighted by Crippen LogP contribution is 2.11. The van der Waals surface area contributed by atoms with Crippen LogP contribution in [0.5, 0.6) is 0 Å². The van der Waals surface area contributed by atoms with Gasteiger partial charge >= 0.3 is 1.43 Å². The molecule has 0 fully saturated rings. The van der Waals surface area contributed by atoms with Gasteiger partial charge in [-0.1, -0.05) is 0 Å². The molecule has 0 spiro atoms. The fraction of sp³-hybridized carbons (Fsp3) is 0.167. The molecule has 0 unspecified atom stereocenters. The van der Waals surface area contributed by atoms with Crippen LogP contribution in [0.1, 0.15) is 7.12 Å². The van der Waals surface area contributed by atoms with Gasteiger partial charge in [0.25, 0.3) is 0 Å². The fourth-order valence-corrected chi connectivity index (χ4v) is 0.985. The van der Waals surface area contributed by atoms with Gasteiger partial charge in [0.2, 0.25) is 0 Å². The number of pyridine rings is 1. The second-order valence-corrected chi connectivity index (χ2v) is 2.49. The minimum atomic E-state index is 0. The van der Waals surface area contributed by atoms with Crippen LogP contribution in [0.3, 0.4) is 0 Å². The molecule has 2 N–H and O–H groups in total. The maximum absolute atomic E-state index is 5.36.